The smallest absolute Gasteiger partial charge is 0.417 e. The lowest BCUT2D eigenvalue weighted by molar-refractivity contribution is -0.108. The number of nitrogens with zero attached hydrogens (tertiary/aromatic N) is 1. The van der Waals surface area contributed by atoms with Crippen LogP contribution in [-0.4, -0.2) is 35.4 Å². The summed E-state index contributed by atoms with van der Waals surface area (Å²) in [4.78, 5) is 22.7. The molecule has 6 heteroatoms. The fraction of sp³-hybridized carbons (Fsp3) is 0.700. The van der Waals surface area contributed by atoms with Crippen LogP contribution in [0.1, 0.15) is 33.6 Å². The van der Waals surface area contributed by atoms with Crippen molar-refractivity contribution in [3.8, 4) is 0 Å². The Kier molecular flexibility index (Phi) is 5.49. The minimum absolute atomic E-state index is 0.211. The van der Waals surface area contributed by atoms with Gasteiger partial charge in [0.1, 0.15) is 11.9 Å². The quantitative estimate of drug-likeness (QED) is 0.326. The van der Waals surface area contributed by atoms with Crippen LogP contribution in [0.5, 0.6) is 0 Å². The van der Waals surface area contributed by atoms with Gasteiger partial charge in [-0.25, -0.2) is 9.69 Å². The van der Waals surface area contributed by atoms with E-state index in [0.29, 0.717) is 12.8 Å². The Morgan fingerprint density at radius 3 is 2.44 bits per heavy atom. The summed E-state index contributed by atoms with van der Waals surface area (Å²) < 4.78 is 5.07. The summed E-state index contributed by atoms with van der Waals surface area (Å²) in [6, 6.07) is 0. The first-order valence-electron chi connectivity index (χ1n) is 5.06. The van der Waals surface area contributed by atoms with Gasteiger partial charge in [0.2, 0.25) is 0 Å². The molecular weight excluding hydrogens is 210 g/mol. The number of nitrogens with one attached hydrogen (secondary N) is 1. The van der Waals surface area contributed by atoms with Gasteiger partial charge >= 0.3 is 6.09 Å². The van der Waals surface area contributed by atoms with Crippen LogP contribution in [-0.2, 0) is 9.53 Å². The number of nitrogens with two attached hydrogens (primary N) is 1. The summed E-state index contributed by atoms with van der Waals surface area (Å²) in [6.07, 6.45) is 0.883. The number of hydrogen-bond acceptors (Lipinski definition) is 4. The van der Waals surface area contributed by atoms with Gasteiger partial charge in [-0.2, -0.15) is 0 Å². The molecule has 0 spiro atoms. The van der Waals surface area contributed by atoms with Crippen LogP contribution in [0.4, 0.5) is 4.79 Å². The maximum Gasteiger partial charge on any atom is 0.417 e. The number of aldehydes is 1. The maximum atomic E-state index is 11.6. The van der Waals surface area contributed by atoms with E-state index < -0.39 is 11.7 Å². The Morgan fingerprint density at radius 2 is 2.06 bits per heavy atom. The van der Waals surface area contributed by atoms with Crippen LogP contribution < -0.4 is 5.73 Å². The molecule has 0 aliphatic heterocycles. The van der Waals surface area contributed by atoms with Crippen LogP contribution in [0.3, 0.4) is 0 Å². The zero-order valence-corrected chi connectivity index (χ0v) is 9.95. The Hall–Kier alpha value is -1.59. The second-order valence-electron chi connectivity index (χ2n) is 4.33. The summed E-state index contributed by atoms with van der Waals surface area (Å²) in [6.45, 7) is 5.40. The van der Waals surface area contributed by atoms with Crippen LogP contribution in [0, 0.1) is 5.41 Å². The normalized spacial score (nSPS) is 10.7. The Balaban J connectivity index is 4.36. The molecule has 6 nitrogen and oxygen atoms in total. The monoisotopic (exact) mass is 229 g/mol. The van der Waals surface area contributed by atoms with Gasteiger partial charge < -0.3 is 15.3 Å². The number of carbonyl (C=O) groups excluding carboxylic acids is 2. The van der Waals surface area contributed by atoms with Crippen molar-refractivity contribution >= 4 is 18.3 Å². The third kappa shape index (κ3) is 6.00. The van der Waals surface area contributed by atoms with Crippen molar-refractivity contribution in [2.24, 2.45) is 5.73 Å². The molecule has 0 rings (SSSR count). The largest absolute Gasteiger partial charge is 0.443 e. The van der Waals surface area contributed by atoms with Crippen LogP contribution in [0.25, 0.3) is 0 Å². The highest BCUT2D eigenvalue weighted by atomic mass is 16.6. The molecule has 0 aliphatic rings. The van der Waals surface area contributed by atoms with E-state index >= 15 is 0 Å². The second kappa shape index (κ2) is 6.09. The lowest BCUT2D eigenvalue weighted by Gasteiger charge is -2.25. The van der Waals surface area contributed by atoms with Crippen LogP contribution in [0.15, 0.2) is 0 Å². The van der Waals surface area contributed by atoms with Crippen LogP contribution >= 0.6 is 0 Å². The molecule has 0 bridgehead atoms. The van der Waals surface area contributed by atoms with Crippen molar-refractivity contribution < 1.29 is 14.3 Å². The molecule has 0 heterocycles. The van der Waals surface area contributed by atoms with Gasteiger partial charge in [-0.05, 0) is 27.2 Å². The Morgan fingerprint density at radius 1 is 1.50 bits per heavy atom. The molecule has 0 atom stereocenters. The molecule has 1 amide bonds. The summed E-state index contributed by atoms with van der Waals surface area (Å²) >= 11 is 0. The highest BCUT2D eigenvalue weighted by molar-refractivity contribution is 5.91. The number of amides is 1. The van der Waals surface area contributed by atoms with E-state index in [1.807, 2.05) is 0 Å². The third-order valence-electron chi connectivity index (χ3n) is 1.61. The molecule has 0 saturated carbocycles. The van der Waals surface area contributed by atoms with Gasteiger partial charge in [0.15, 0.2) is 5.96 Å². The van der Waals surface area contributed by atoms with E-state index in [4.69, 9.17) is 15.9 Å². The van der Waals surface area contributed by atoms with Gasteiger partial charge in [-0.1, -0.05) is 0 Å². The first-order chi connectivity index (χ1) is 7.28. The number of rotatable bonds is 4. The van der Waals surface area contributed by atoms with Crippen molar-refractivity contribution in [3.63, 3.8) is 0 Å². The molecule has 0 fully saturated rings. The Labute approximate surface area is 95.2 Å². The second-order valence-corrected chi connectivity index (χ2v) is 4.33. The zero-order valence-electron chi connectivity index (χ0n) is 9.95. The fourth-order valence-electron chi connectivity index (χ4n) is 0.960. The highest BCUT2D eigenvalue weighted by Gasteiger charge is 2.23. The standard InChI is InChI=1S/C10H19N3O3/c1-10(2,3)16-9(15)13(8(11)12)6-4-5-7-14/h7H,4-6H2,1-3H3,(H3,11,12). The highest BCUT2D eigenvalue weighted by Crippen LogP contribution is 2.10. The molecule has 0 aromatic carbocycles. The first kappa shape index (κ1) is 14.4. The number of hydrogen-bond donors (Lipinski definition) is 2. The zero-order chi connectivity index (χ0) is 12.8. The number of carbonyl (C=O) groups is 2. The van der Waals surface area contributed by atoms with E-state index in [1.165, 1.54) is 0 Å². The van der Waals surface area contributed by atoms with Gasteiger partial charge in [-0.3, -0.25) is 5.41 Å². The van der Waals surface area contributed by atoms with Gasteiger partial charge in [-0.15, -0.1) is 0 Å². The molecule has 0 aliphatic carbocycles. The average molecular weight is 229 g/mol. The molecule has 0 unspecified atom stereocenters. The fourth-order valence-corrected chi connectivity index (χ4v) is 0.960. The van der Waals surface area contributed by atoms with E-state index in [0.717, 1.165) is 11.2 Å². The predicted octanol–water partition coefficient (Wildman–Crippen LogP) is 1.10. The average Bonchev–Trinajstić information content (AvgIpc) is 2.08. The molecular formula is C10H19N3O3. The van der Waals surface area contributed by atoms with Crippen molar-refractivity contribution in [3.05, 3.63) is 0 Å². The maximum absolute atomic E-state index is 11.6. The molecule has 3 N–H and O–H groups in total. The lowest BCUT2D eigenvalue weighted by atomic mass is 10.2. The summed E-state index contributed by atoms with van der Waals surface area (Å²) in [7, 11) is 0. The summed E-state index contributed by atoms with van der Waals surface area (Å²) in [5.41, 5.74) is 4.63. The lowest BCUT2D eigenvalue weighted by Crippen LogP contribution is -2.44. The molecule has 0 aromatic rings. The summed E-state index contributed by atoms with van der Waals surface area (Å²) in [5, 5.41) is 7.24. The summed E-state index contributed by atoms with van der Waals surface area (Å²) in [5.74, 6) is -0.375. The number of guanidine groups is 1. The van der Waals surface area contributed by atoms with E-state index in [2.05, 4.69) is 0 Å². The predicted molar refractivity (Wildman–Crippen MR) is 60.2 cm³/mol. The molecule has 0 saturated heterocycles. The van der Waals surface area contributed by atoms with Crippen molar-refractivity contribution in [1.29, 1.82) is 5.41 Å². The van der Waals surface area contributed by atoms with E-state index in [-0.39, 0.29) is 12.5 Å². The minimum atomic E-state index is -0.661. The SMILES string of the molecule is CC(C)(C)OC(=O)N(CCCC=O)C(=N)N. The third-order valence-corrected chi connectivity index (χ3v) is 1.61. The van der Waals surface area contributed by atoms with Gasteiger partial charge in [0.05, 0.1) is 0 Å². The number of ether oxygens (including phenoxy) is 1. The van der Waals surface area contributed by atoms with Crippen molar-refractivity contribution in [2.45, 2.75) is 39.2 Å². The molecule has 0 radical (unpaired) electrons. The van der Waals surface area contributed by atoms with E-state index in [9.17, 15) is 9.59 Å². The molecule has 16 heavy (non-hydrogen) atoms. The van der Waals surface area contributed by atoms with Gasteiger partial charge in [0.25, 0.3) is 0 Å². The van der Waals surface area contributed by atoms with Crippen LogP contribution in [0.2, 0.25) is 0 Å². The number of unbranched alkanes of at least 4 members (excludes halogenated alkanes) is 1. The van der Waals surface area contributed by atoms with Crippen molar-refractivity contribution in [2.75, 3.05) is 6.54 Å². The Bertz CT molecular complexity index is 271. The van der Waals surface area contributed by atoms with Crippen molar-refractivity contribution in [1.82, 2.24) is 4.90 Å². The molecule has 0 aromatic heterocycles. The minimum Gasteiger partial charge on any atom is -0.443 e. The van der Waals surface area contributed by atoms with E-state index in [1.54, 1.807) is 20.8 Å². The van der Waals surface area contributed by atoms with Gasteiger partial charge in [0, 0.05) is 13.0 Å². The molecule has 92 valence electrons. The first-order valence-corrected chi connectivity index (χ1v) is 5.06. The topological polar surface area (TPSA) is 96.5 Å².